The lowest BCUT2D eigenvalue weighted by molar-refractivity contribution is 0.482. The summed E-state index contributed by atoms with van der Waals surface area (Å²) < 4.78 is 8.59. The third kappa shape index (κ3) is 4.04. The van der Waals surface area contributed by atoms with Crippen LogP contribution in [0.3, 0.4) is 0 Å². The number of thioether (sulfide) groups is 2. The summed E-state index contributed by atoms with van der Waals surface area (Å²) in [5.74, 6) is 4.22. The molecule has 104 valence electrons. The van der Waals surface area contributed by atoms with Gasteiger partial charge in [-0.25, -0.2) is 0 Å². The number of rotatable bonds is 6. The van der Waals surface area contributed by atoms with Crippen molar-refractivity contribution in [3.63, 3.8) is 0 Å². The van der Waals surface area contributed by atoms with Gasteiger partial charge in [-0.3, -0.25) is 0 Å². The molecule has 0 bridgehead atoms. The number of hydrogen-bond acceptors (Lipinski definition) is 5. The lowest BCUT2D eigenvalue weighted by atomic mass is 10.3. The van der Waals surface area contributed by atoms with Crippen LogP contribution in [0, 0.1) is 0 Å². The lowest BCUT2D eigenvalue weighted by Gasteiger charge is -2.07. The standard InChI is InChI=1S/C15H15NOS3/c18-16-11-1-3-12(4-2-11)17-13-5-7-14(8-6-13)19-9-15-10-20-15/h1-8,15-16,18H,9-10H2. The van der Waals surface area contributed by atoms with Gasteiger partial charge in [0.05, 0.1) is 0 Å². The first-order valence-electron chi connectivity index (χ1n) is 6.36. The highest BCUT2D eigenvalue weighted by molar-refractivity contribution is 8.08. The van der Waals surface area contributed by atoms with E-state index in [2.05, 4.69) is 29.7 Å². The average Bonchev–Trinajstić information content (AvgIpc) is 3.32. The zero-order chi connectivity index (χ0) is 13.8. The fourth-order valence-electron chi connectivity index (χ4n) is 1.69. The highest BCUT2D eigenvalue weighted by Crippen LogP contribution is 2.35. The minimum absolute atomic E-state index is 0.826. The van der Waals surface area contributed by atoms with E-state index in [1.165, 1.54) is 16.4 Å². The van der Waals surface area contributed by atoms with Crippen molar-refractivity contribution in [2.75, 3.05) is 16.2 Å². The maximum absolute atomic E-state index is 5.80. The van der Waals surface area contributed by atoms with Crippen molar-refractivity contribution in [2.24, 2.45) is 0 Å². The van der Waals surface area contributed by atoms with Crippen LogP contribution in [-0.2, 0) is 0 Å². The minimum atomic E-state index is 0.826. The molecule has 2 aromatic rings. The predicted octanol–water partition coefficient (Wildman–Crippen LogP) is 4.94. The second-order valence-corrected chi connectivity index (χ2v) is 7.13. The van der Waals surface area contributed by atoms with Crippen LogP contribution in [0.4, 0.5) is 5.69 Å². The van der Waals surface area contributed by atoms with Gasteiger partial charge in [0.1, 0.15) is 11.5 Å². The summed E-state index contributed by atoms with van der Waals surface area (Å²) in [5, 5.41) is 0.870. The SMILES string of the molecule is SNc1ccc(Oc2ccc(SCC3CS3)cc2)cc1. The van der Waals surface area contributed by atoms with Crippen molar-refractivity contribution in [3.8, 4) is 11.5 Å². The molecule has 1 aliphatic rings. The second kappa shape index (κ2) is 6.70. The van der Waals surface area contributed by atoms with E-state index in [0.29, 0.717) is 0 Å². The Balaban J connectivity index is 1.58. The smallest absolute Gasteiger partial charge is 0.127 e. The van der Waals surface area contributed by atoms with Crippen molar-refractivity contribution in [1.82, 2.24) is 0 Å². The van der Waals surface area contributed by atoms with Gasteiger partial charge in [-0.2, -0.15) is 11.8 Å². The molecule has 3 rings (SSSR count). The summed E-state index contributed by atoms with van der Waals surface area (Å²) >= 11 is 7.96. The summed E-state index contributed by atoms with van der Waals surface area (Å²) in [4.78, 5) is 1.31. The number of nitrogens with one attached hydrogen (secondary N) is 1. The highest BCUT2D eigenvalue weighted by Gasteiger charge is 2.21. The first kappa shape index (κ1) is 14.0. The van der Waals surface area contributed by atoms with Crippen LogP contribution >= 0.6 is 36.3 Å². The fourth-order valence-corrected chi connectivity index (χ4v) is 3.66. The van der Waals surface area contributed by atoms with E-state index in [-0.39, 0.29) is 0 Å². The molecule has 0 aliphatic carbocycles. The molecule has 0 aromatic heterocycles. The van der Waals surface area contributed by atoms with Gasteiger partial charge in [0, 0.05) is 27.3 Å². The van der Waals surface area contributed by atoms with Crippen molar-refractivity contribution >= 4 is 42.0 Å². The predicted molar refractivity (Wildman–Crippen MR) is 92.5 cm³/mol. The monoisotopic (exact) mass is 321 g/mol. The zero-order valence-corrected chi connectivity index (χ0v) is 13.3. The summed E-state index contributed by atoms with van der Waals surface area (Å²) in [6, 6.07) is 16.0. The van der Waals surface area contributed by atoms with Gasteiger partial charge in [0.25, 0.3) is 0 Å². The number of hydrogen-bond donors (Lipinski definition) is 2. The van der Waals surface area contributed by atoms with Gasteiger partial charge in [0.15, 0.2) is 0 Å². The van der Waals surface area contributed by atoms with Crippen molar-refractivity contribution in [1.29, 1.82) is 0 Å². The minimum Gasteiger partial charge on any atom is -0.457 e. The molecule has 1 atom stereocenters. The molecule has 1 unspecified atom stereocenters. The number of anilines is 1. The van der Waals surface area contributed by atoms with Crippen LogP contribution in [0.2, 0.25) is 0 Å². The zero-order valence-electron chi connectivity index (χ0n) is 10.8. The molecule has 1 N–H and O–H groups in total. The van der Waals surface area contributed by atoms with Gasteiger partial charge >= 0.3 is 0 Å². The molecule has 0 radical (unpaired) electrons. The molecule has 20 heavy (non-hydrogen) atoms. The summed E-state index contributed by atoms with van der Waals surface area (Å²) in [6.07, 6.45) is 0. The number of ether oxygens (including phenoxy) is 1. The number of thiol groups is 1. The molecule has 2 nitrogen and oxygen atoms in total. The Labute approximate surface area is 133 Å². The molecule has 2 aromatic carbocycles. The second-order valence-electron chi connectivity index (χ2n) is 4.48. The van der Waals surface area contributed by atoms with Crippen LogP contribution in [0.25, 0.3) is 0 Å². The molecule has 1 aliphatic heterocycles. The van der Waals surface area contributed by atoms with Crippen LogP contribution in [0.5, 0.6) is 11.5 Å². The largest absolute Gasteiger partial charge is 0.457 e. The molecule has 0 spiro atoms. The van der Waals surface area contributed by atoms with E-state index >= 15 is 0 Å². The van der Waals surface area contributed by atoms with Crippen LogP contribution in [0.15, 0.2) is 53.4 Å². The number of benzene rings is 2. The Morgan fingerprint density at radius 1 is 1.10 bits per heavy atom. The molecule has 0 saturated carbocycles. The van der Waals surface area contributed by atoms with E-state index in [4.69, 9.17) is 4.74 Å². The van der Waals surface area contributed by atoms with E-state index in [9.17, 15) is 0 Å². The average molecular weight is 321 g/mol. The molecule has 0 amide bonds. The molecular formula is C15H15NOS3. The van der Waals surface area contributed by atoms with E-state index in [1.807, 2.05) is 59.9 Å². The Hall–Kier alpha value is -0.910. The summed E-state index contributed by atoms with van der Waals surface area (Å²) in [5.41, 5.74) is 0.949. The Bertz CT molecular complexity index is 552. The maximum Gasteiger partial charge on any atom is 0.127 e. The van der Waals surface area contributed by atoms with Gasteiger partial charge in [-0.05, 0) is 48.5 Å². The molecule has 1 heterocycles. The van der Waals surface area contributed by atoms with Crippen molar-refractivity contribution in [3.05, 3.63) is 48.5 Å². The van der Waals surface area contributed by atoms with E-state index < -0.39 is 0 Å². The topological polar surface area (TPSA) is 21.3 Å². The van der Waals surface area contributed by atoms with Gasteiger partial charge in [0.2, 0.25) is 0 Å². The van der Waals surface area contributed by atoms with E-state index in [1.54, 1.807) is 0 Å². The van der Waals surface area contributed by atoms with E-state index in [0.717, 1.165) is 22.4 Å². The van der Waals surface area contributed by atoms with Crippen LogP contribution in [-0.4, -0.2) is 16.8 Å². The highest BCUT2D eigenvalue weighted by atomic mass is 32.2. The fraction of sp³-hybridized carbons (Fsp3) is 0.200. The maximum atomic E-state index is 5.80. The third-order valence-electron chi connectivity index (χ3n) is 2.88. The van der Waals surface area contributed by atoms with Crippen molar-refractivity contribution in [2.45, 2.75) is 10.1 Å². The molecule has 5 heteroatoms. The van der Waals surface area contributed by atoms with Crippen LogP contribution in [0.1, 0.15) is 0 Å². The summed E-state index contributed by atoms with van der Waals surface area (Å²) in [7, 11) is 0. The Kier molecular flexibility index (Phi) is 4.70. The first-order chi connectivity index (χ1) is 9.83. The normalized spacial score (nSPS) is 16.8. The van der Waals surface area contributed by atoms with Crippen LogP contribution < -0.4 is 9.46 Å². The van der Waals surface area contributed by atoms with Gasteiger partial charge in [-0.1, -0.05) is 12.8 Å². The Morgan fingerprint density at radius 3 is 2.25 bits per heavy atom. The molecular weight excluding hydrogens is 306 g/mol. The lowest BCUT2D eigenvalue weighted by Crippen LogP contribution is -1.87. The van der Waals surface area contributed by atoms with Gasteiger partial charge < -0.3 is 9.46 Å². The Morgan fingerprint density at radius 2 is 1.70 bits per heavy atom. The molecule has 1 fully saturated rings. The quantitative estimate of drug-likeness (QED) is 0.446. The molecule has 1 saturated heterocycles. The third-order valence-corrected chi connectivity index (χ3v) is 5.50. The van der Waals surface area contributed by atoms with Gasteiger partial charge in [-0.15, -0.1) is 11.8 Å². The van der Waals surface area contributed by atoms with Crippen molar-refractivity contribution < 1.29 is 4.74 Å². The summed E-state index contributed by atoms with van der Waals surface area (Å²) in [6.45, 7) is 0. The first-order valence-corrected chi connectivity index (χ1v) is 8.84.